The third kappa shape index (κ3) is 5.93. The number of aromatic nitrogens is 1. The fourth-order valence-corrected chi connectivity index (χ4v) is 9.61. The molecule has 0 bridgehead atoms. The third-order valence-electron chi connectivity index (χ3n) is 12.5. The lowest BCUT2D eigenvalue weighted by atomic mass is 9.92. The van der Waals surface area contributed by atoms with Gasteiger partial charge in [-0.15, -0.1) is 0 Å². The molecule has 0 spiro atoms. The molecule has 0 fully saturated rings. The number of rotatable bonds is 6. The van der Waals surface area contributed by atoms with Crippen LogP contribution < -0.4 is 10.3 Å². The zero-order chi connectivity index (χ0) is 40.3. The Hall–Kier alpha value is -8.01. The van der Waals surface area contributed by atoms with E-state index in [-0.39, 0.29) is 6.17 Å². The topological polar surface area (TPSA) is 30.9 Å². The first kappa shape index (κ1) is 35.0. The van der Waals surface area contributed by atoms with E-state index in [1.807, 2.05) is 0 Å². The van der Waals surface area contributed by atoms with Gasteiger partial charge in [-0.3, -0.25) is 4.57 Å². The van der Waals surface area contributed by atoms with E-state index in [2.05, 4.69) is 239 Å². The van der Waals surface area contributed by atoms with Crippen molar-refractivity contribution >= 4 is 65.7 Å². The van der Waals surface area contributed by atoms with E-state index in [0.717, 1.165) is 33.7 Å². The lowest BCUT2D eigenvalue weighted by molar-refractivity contribution is -0.515. The molecule has 0 saturated heterocycles. The van der Waals surface area contributed by atoms with E-state index >= 15 is 0 Å². The molecule has 0 aliphatic carbocycles. The number of nitrogens with one attached hydrogen (secondary N) is 2. The second kappa shape index (κ2) is 14.4. The van der Waals surface area contributed by atoms with E-state index in [1.54, 1.807) is 0 Å². The Labute approximate surface area is 354 Å². The SMILES string of the molecule is C1=C(n2c3ccc(-c4ccccc4)cc3c3cc(-c4ccccc4)ccc32)NC(c2ccc3c4ccccc4c4ccccc4c3c2)[NH+]=C1c1ccccc1-c1ccccc1. The molecule has 10 aromatic carbocycles. The van der Waals surface area contributed by atoms with Crippen molar-refractivity contribution in [1.82, 2.24) is 9.88 Å². The third-order valence-corrected chi connectivity index (χ3v) is 12.5. The van der Waals surface area contributed by atoms with Gasteiger partial charge >= 0.3 is 0 Å². The van der Waals surface area contributed by atoms with Crippen LogP contribution in [-0.4, -0.2) is 10.3 Å². The summed E-state index contributed by atoms with van der Waals surface area (Å²) >= 11 is 0. The molecule has 11 aromatic rings. The summed E-state index contributed by atoms with van der Waals surface area (Å²) < 4.78 is 2.43. The van der Waals surface area contributed by atoms with Gasteiger partial charge < -0.3 is 5.32 Å². The fraction of sp³-hybridized carbons (Fsp3) is 0.0172. The van der Waals surface area contributed by atoms with Gasteiger partial charge in [-0.05, 0) is 108 Å². The Kier molecular flexibility index (Phi) is 8.24. The Morgan fingerprint density at radius 2 is 0.803 bits per heavy atom. The molecule has 1 atom stereocenters. The minimum Gasteiger partial charge on any atom is -0.310 e. The molecule has 0 amide bonds. The Morgan fingerprint density at radius 3 is 1.36 bits per heavy atom. The smallest absolute Gasteiger partial charge is 0.252 e. The van der Waals surface area contributed by atoms with Crippen LogP contribution >= 0.6 is 0 Å². The van der Waals surface area contributed by atoms with Crippen LogP contribution in [0.4, 0.5) is 0 Å². The second-order valence-electron chi connectivity index (χ2n) is 16.0. The number of hydrogen-bond acceptors (Lipinski definition) is 1. The van der Waals surface area contributed by atoms with Crippen molar-refractivity contribution in [3.05, 3.63) is 236 Å². The predicted octanol–water partition coefficient (Wildman–Crippen LogP) is 12.9. The monoisotopic (exact) mass is 778 g/mol. The average Bonchev–Trinajstić information content (AvgIpc) is 3.67. The lowest BCUT2D eigenvalue weighted by Crippen LogP contribution is -2.79. The minimum absolute atomic E-state index is 0.242. The van der Waals surface area contributed by atoms with Gasteiger partial charge in [0, 0.05) is 16.3 Å². The van der Waals surface area contributed by atoms with Crippen molar-refractivity contribution in [3.8, 4) is 33.4 Å². The minimum atomic E-state index is -0.242. The Morgan fingerprint density at radius 1 is 0.344 bits per heavy atom. The molecule has 61 heavy (non-hydrogen) atoms. The van der Waals surface area contributed by atoms with Crippen LogP contribution in [0.15, 0.2) is 224 Å². The van der Waals surface area contributed by atoms with Crippen molar-refractivity contribution in [2.24, 2.45) is 0 Å². The molecular weight excluding hydrogens is 739 g/mol. The first-order valence-corrected chi connectivity index (χ1v) is 21.0. The predicted molar refractivity (Wildman–Crippen MR) is 256 cm³/mol. The first-order chi connectivity index (χ1) is 30.2. The number of hydrogen-bond donors (Lipinski definition) is 2. The maximum absolute atomic E-state index is 4.05. The molecule has 3 nitrogen and oxygen atoms in total. The highest BCUT2D eigenvalue weighted by molar-refractivity contribution is 6.25. The Bertz CT molecular complexity index is 3410. The van der Waals surface area contributed by atoms with E-state index < -0.39 is 0 Å². The second-order valence-corrected chi connectivity index (χ2v) is 16.0. The summed E-state index contributed by atoms with van der Waals surface area (Å²) in [5.41, 5.74) is 12.8. The number of fused-ring (bicyclic) bond motifs is 9. The molecule has 0 saturated carbocycles. The van der Waals surface area contributed by atoms with Crippen molar-refractivity contribution in [2.75, 3.05) is 0 Å². The lowest BCUT2D eigenvalue weighted by Gasteiger charge is -2.23. The van der Waals surface area contributed by atoms with Crippen molar-refractivity contribution in [2.45, 2.75) is 6.17 Å². The summed E-state index contributed by atoms with van der Waals surface area (Å²) in [6.07, 6.45) is 2.06. The molecule has 1 unspecified atom stereocenters. The highest BCUT2D eigenvalue weighted by Crippen LogP contribution is 2.39. The summed E-state index contributed by atoms with van der Waals surface area (Å²) in [6.45, 7) is 0. The first-order valence-electron chi connectivity index (χ1n) is 21.0. The van der Waals surface area contributed by atoms with Crippen LogP contribution in [0, 0.1) is 0 Å². The summed E-state index contributed by atoms with van der Waals surface area (Å²) in [4.78, 5) is 4.01. The highest BCUT2D eigenvalue weighted by atomic mass is 15.2. The molecule has 1 aromatic heterocycles. The molecule has 2 N–H and O–H groups in total. The highest BCUT2D eigenvalue weighted by Gasteiger charge is 2.29. The molecule has 1 aliphatic heterocycles. The zero-order valence-electron chi connectivity index (χ0n) is 33.4. The van der Waals surface area contributed by atoms with Gasteiger partial charge in [0.2, 0.25) is 5.71 Å². The maximum Gasteiger partial charge on any atom is 0.252 e. The molecule has 3 heteroatoms. The van der Waals surface area contributed by atoms with Gasteiger partial charge in [-0.1, -0.05) is 176 Å². The van der Waals surface area contributed by atoms with E-state index in [1.165, 1.54) is 76.5 Å². The summed E-state index contributed by atoms with van der Waals surface area (Å²) in [5, 5.41) is 14.1. The number of nitrogens with zero attached hydrogens (tertiary/aromatic N) is 1. The van der Waals surface area contributed by atoms with Gasteiger partial charge in [0.15, 0.2) is 0 Å². The fourth-order valence-electron chi connectivity index (χ4n) is 9.61. The molecule has 2 heterocycles. The molecule has 286 valence electrons. The summed E-state index contributed by atoms with van der Waals surface area (Å²) in [5.74, 6) is 1.00. The van der Waals surface area contributed by atoms with Gasteiger partial charge in [-0.25, -0.2) is 4.99 Å². The van der Waals surface area contributed by atoms with Gasteiger partial charge in [0.25, 0.3) is 6.17 Å². The van der Waals surface area contributed by atoms with Crippen LogP contribution in [-0.2, 0) is 0 Å². The van der Waals surface area contributed by atoms with E-state index in [4.69, 9.17) is 0 Å². The van der Waals surface area contributed by atoms with Crippen molar-refractivity contribution in [3.63, 3.8) is 0 Å². The average molecular weight is 779 g/mol. The van der Waals surface area contributed by atoms with Crippen LogP contribution in [0.25, 0.3) is 93.3 Å². The largest absolute Gasteiger partial charge is 0.310 e. The Balaban J connectivity index is 1.10. The normalized spacial score (nSPS) is 14.1. The van der Waals surface area contributed by atoms with Crippen LogP contribution in [0.3, 0.4) is 0 Å². The maximum atomic E-state index is 4.05. The zero-order valence-corrected chi connectivity index (χ0v) is 33.4. The van der Waals surface area contributed by atoms with Gasteiger partial charge in [0.05, 0.1) is 22.7 Å². The molecular formula is C58H40N3+. The molecule has 0 radical (unpaired) electrons. The van der Waals surface area contributed by atoms with Crippen LogP contribution in [0.5, 0.6) is 0 Å². The summed E-state index contributed by atoms with van der Waals surface area (Å²) in [6, 6.07) is 79.3. The van der Waals surface area contributed by atoms with Crippen molar-refractivity contribution < 1.29 is 4.99 Å². The standard InChI is InChI=1S/C58H39N3/c1-4-16-38(17-5-1)41-29-32-55-52(34-41)53-35-42(39-18-6-2-7-19-39)30-33-56(53)61(55)57-37-54(50-27-15-10-22-44(50)40-20-8-3-9-21-40)59-58(60-57)43-28-31-49-47-25-12-11-23-45(47)46-24-13-14-26-48(46)51(49)36-43/h1-37,58,60H/p+1. The van der Waals surface area contributed by atoms with Gasteiger partial charge in [0.1, 0.15) is 5.82 Å². The van der Waals surface area contributed by atoms with Crippen LogP contribution in [0.2, 0.25) is 0 Å². The van der Waals surface area contributed by atoms with Gasteiger partial charge in [-0.2, -0.15) is 0 Å². The van der Waals surface area contributed by atoms with E-state index in [9.17, 15) is 0 Å². The van der Waals surface area contributed by atoms with Crippen molar-refractivity contribution in [1.29, 1.82) is 0 Å². The van der Waals surface area contributed by atoms with E-state index in [0.29, 0.717) is 0 Å². The number of allylic oxidation sites excluding steroid dienone is 1. The molecule has 12 rings (SSSR count). The molecule has 1 aliphatic rings. The number of benzene rings is 10. The van der Waals surface area contributed by atoms with Crippen LogP contribution in [0.1, 0.15) is 17.3 Å². The quantitative estimate of drug-likeness (QED) is 0.162. The summed E-state index contributed by atoms with van der Waals surface area (Å²) in [7, 11) is 0.